The number of rotatable bonds is 5. The molecule has 24 heavy (non-hydrogen) atoms. The molecule has 2 heterocycles. The predicted molar refractivity (Wildman–Crippen MR) is 94.7 cm³/mol. The van der Waals surface area contributed by atoms with Crippen molar-refractivity contribution in [1.29, 1.82) is 0 Å². The number of β-amino-alcohol motifs (C(OH)–C–C–N with tert-alkyl or cyclic N) is 1. The van der Waals surface area contributed by atoms with Gasteiger partial charge in [-0.25, -0.2) is 0 Å². The first kappa shape index (κ1) is 17.4. The largest absolute Gasteiger partial charge is 0.392 e. The Morgan fingerprint density at radius 1 is 1.04 bits per heavy atom. The summed E-state index contributed by atoms with van der Waals surface area (Å²) in [6.07, 6.45) is 2.05. The minimum atomic E-state index is -0.311. The van der Waals surface area contributed by atoms with E-state index in [-0.39, 0.29) is 18.1 Å². The van der Waals surface area contributed by atoms with Crippen LogP contribution in [0.5, 0.6) is 0 Å². The Hall–Kier alpha value is -1.43. The van der Waals surface area contributed by atoms with Gasteiger partial charge in [0.1, 0.15) is 6.04 Å². The summed E-state index contributed by atoms with van der Waals surface area (Å²) in [7, 11) is 0. The first-order valence-corrected chi connectivity index (χ1v) is 9.13. The van der Waals surface area contributed by atoms with E-state index in [9.17, 15) is 9.90 Å². The predicted octanol–water partition coefficient (Wildman–Crippen LogP) is 1.35. The fraction of sp³-hybridized carbons (Fsp3) is 0.632. The van der Waals surface area contributed by atoms with E-state index in [1.165, 1.54) is 12.8 Å². The molecule has 0 unspecified atom stereocenters. The number of nitrogens with zero attached hydrogens (tertiary/aromatic N) is 3. The number of carbonyl (C=O) groups is 1. The van der Waals surface area contributed by atoms with Crippen LogP contribution >= 0.6 is 0 Å². The van der Waals surface area contributed by atoms with Gasteiger partial charge in [-0.2, -0.15) is 0 Å². The molecular weight excluding hydrogens is 302 g/mol. The number of carbonyl (C=O) groups excluding carboxylic acids is 1. The molecule has 1 aromatic carbocycles. The van der Waals surface area contributed by atoms with Crippen molar-refractivity contribution in [3.63, 3.8) is 0 Å². The molecule has 1 amide bonds. The van der Waals surface area contributed by atoms with Crippen LogP contribution in [0, 0.1) is 0 Å². The van der Waals surface area contributed by atoms with Crippen molar-refractivity contribution >= 4 is 5.91 Å². The van der Waals surface area contributed by atoms with Crippen molar-refractivity contribution < 1.29 is 9.90 Å². The van der Waals surface area contributed by atoms with Gasteiger partial charge in [0, 0.05) is 32.7 Å². The molecule has 2 fully saturated rings. The number of aliphatic hydroxyl groups excluding tert-OH is 1. The van der Waals surface area contributed by atoms with Gasteiger partial charge in [-0.3, -0.25) is 14.6 Å². The van der Waals surface area contributed by atoms with E-state index in [0.717, 1.165) is 44.8 Å². The van der Waals surface area contributed by atoms with Crippen LogP contribution in [-0.2, 0) is 4.79 Å². The number of aliphatic hydroxyl groups is 1. The lowest BCUT2D eigenvalue weighted by Gasteiger charge is -2.38. The van der Waals surface area contributed by atoms with Crippen LogP contribution in [0.3, 0.4) is 0 Å². The van der Waals surface area contributed by atoms with Gasteiger partial charge in [0.05, 0.1) is 6.10 Å². The maximum Gasteiger partial charge on any atom is 0.244 e. The quantitative estimate of drug-likeness (QED) is 0.885. The third-order valence-corrected chi connectivity index (χ3v) is 5.06. The van der Waals surface area contributed by atoms with Gasteiger partial charge < -0.3 is 10.0 Å². The molecule has 2 atom stereocenters. The molecule has 5 heteroatoms. The number of piperazine rings is 1. The van der Waals surface area contributed by atoms with Crippen LogP contribution < -0.4 is 0 Å². The lowest BCUT2D eigenvalue weighted by atomic mass is 10.0. The molecule has 0 bridgehead atoms. The van der Waals surface area contributed by atoms with Crippen LogP contribution in [-0.4, -0.2) is 77.6 Å². The first-order chi connectivity index (χ1) is 11.6. The highest BCUT2D eigenvalue weighted by Crippen LogP contribution is 2.27. The molecule has 5 nitrogen and oxygen atoms in total. The lowest BCUT2D eigenvalue weighted by molar-refractivity contribution is -0.138. The van der Waals surface area contributed by atoms with Crippen molar-refractivity contribution in [2.45, 2.75) is 31.9 Å². The molecule has 1 N–H and O–H groups in total. The van der Waals surface area contributed by atoms with Gasteiger partial charge in [0.25, 0.3) is 0 Å². The van der Waals surface area contributed by atoms with Gasteiger partial charge in [-0.15, -0.1) is 0 Å². The smallest absolute Gasteiger partial charge is 0.244 e. The van der Waals surface area contributed by atoms with Gasteiger partial charge in [-0.1, -0.05) is 30.3 Å². The third-order valence-electron chi connectivity index (χ3n) is 5.06. The van der Waals surface area contributed by atoms with E-state index in [4.69, 9.17) is 0 Å². The number of likely N-dealkylation sites (tertiary alicyclic amines) is 1. The van der Waals surface area contributed by atoms with E-state index in [1.807, 2.05) is 30.0 Å². The van der Waals surface area contributed by atoms with Crippen molar-refractivity contribution in [3.05, 3.63) is 35.9 Å². The molecule has 2 aliphatic heterocycles. The Morgan fingerprint density at radius 3 is 2.25 bits per heavy atom. The van der Waals surface area contributed by atoms with E-state index in [2.05, 4.69) is 21.9 Å². The average Bonchev–Trinajstić information content (AvgIpc) is 3.10. The zero-order valence-electron chi connectivity index (χ0n) is 14.6. The number of hydrogen-bond acceptors (Lipinski definition) is 4. The molecule has 0 saturated carbocycles. The van der Waals surface area contributed by atoms with Crippen LogP contribution in [0.2, 0.25) is 0 Å². The highest BCUT2D eigenvalue weighted by atomic mass is 16.3. The van der Waals surface area contributed by atoms with Crippen LogP contribution in [0.4, 0.5) is 0 Å². The highest BCUT2D eigenvalue weighted by molar-refractivity contribution is 5.83. The molecule has 0 aliphatic carbocycles. The standard InChI is InChI=1S/C19H29N3O2/c1-16(23)15-20-11-13-22(14-12-20)19(24)18(21-9-5-6-10-21)17-7-3-2-4-8-17/h2-4,7-8,16,18,23H,5-6,9-15H2,1H3/t16-,18-/m1/s1. The fourth-order valence-electron chi connectivity index (χ4n) is 3.84. The van der Waals surface area contributed by atoms with E-state index < -0.39 is 0 Å². The number of amides is 1. The summed E-state index contributed by atoms with van der Waals surface area (Å²) in [6, 6.07) is 10.1. The highest BCUT2D eigenvalue weighted by Gasteiger charge is 2.34. The SMILES string of the molecule is C[C@@H](O)CN1CCN(C(=O)[C@@H](c2ccccc2)N2CCCC2)CC1. The third kappa shape index (κ3) is 4.15. The summed E-state index contributed by atoms with van der Waals surface area (Å²) >= 11 is 0. The summed E-state index contributed by atoms with van der Waals surface area (Å²) in [6.45, 7) is 7.72. The Balaban J connectivity index is 1.68. The van der Waals surface area contributed by atoms with Gasteiger partial charge in [0.15, 0.2) is 0 Å². The molecule has 1 aromatic rings. The summed E-state index contributed by atoms with van der Waals surface area (Å²) in [5.41, 5.74) is 1.11. The second-order valence-electron chi connectivity index (χ2n) is 7.03. The second kappa shape index (κ2) is 8.10. The Labute approximate surface area is 144 Å². The van der Waals surface area contributed by atoms with Crippen LogP contribution in [0.1, 0.15) is 31.4 Å². The van der Waals surface area contributed by atoms with Crippen molar-refractivity contribution in [1.82, 2.24) is 14.7 Å². The molecule has 3 rings (SSSR count). The molecule has 2 saturated heterocycles. The number of hydrogen-bond donors (Lipinski definition) is 1. The summed E-state index contributed by atoms with van der Waals surface area (Å²) < 4.78 is 0. The van der Waals surface area contributed by atoms with Gasteiger partial charge >= 0.3 is 0 Å². The van der Waals surface area contributed by atoms with Crippen LogP contribution in [0.15, 0.2) is 30.3 Å². The average molecular weight is 331 g/mol. The van der Waals surface area contributed by atoms with Crippen molar-refractivity contribution in [3.8, 4) is 0 Å². The van der Waals surface area contributed by atoms with Gasteiger partial charge in [0.2, 0.25) is 5.91 Å². The Kier molecular flexibility index (Phi) is 5.87. The molecule has 0 spiro atoms. The minimum Gasteiger partial charge on any atom is -0.392 e. The van der Waals surface area contributed by atoms with Crippen molar-refractivity contribution in [2.24, 2.45) is 0 Å². The minimum absolute atomic E-state index is 0.142. The number of benzene rings is 1. The van der Waals surface area contributed by atoms with E-state index >= 15 is 0 Å². The molecule has 0 aromatic heterocycles. The monoisotopic (exact) mass is 331 g/mol. The molecule has 2 aliphatic rings. The zero-order chi connectivity index (χ0) is 16.9. The Bertz CT molecular complexity index is 521. The van der Waals surface area contributed by atoms with Gasteiger partial charge in [-0.05, 0) is 38.4 Å². The summed E-state index contributed by atoms with van der Waals surface area (Å²) in [5, 5.41) is 9.53. The first-order valence-electron chi connectivity index (χ1n) is 9.13. The molecule has 132 valence electrons. The Morgan fingerprint density at radius 2 is 1.67 bits per heavy atom. The van der Waals surface area contributed by atoms with E-state index in [1.54, 1.807) is 0 Å². The van der Waals surface area contributed by atoms with Crippen molar-refractivity contribution in [2.75, 3.05) is 45.8 Å². The normalized spacial score (nSPS) is 22.5. The zero-order valence-corrected chi connectivity index (χ0v) is 14.6. The molecular formula is C19H29N3O2. The van der Waals surface area contributed by atoms with E-state index in [0.29, 0.717) is 6.54 Å². The maximum absolute atomic E-state index is 13.2. The molecule has 0 radical (unpaired) electrons. The fourth-order valence-corrected chi connectivity index (χ4v) is 3.84. The topological polar surface area (TPSA) is 47.0 Å². The van der Waals surface area contributed by atoms with Crippen LogP contribution in [0.25, 0.3) is 0 Å². The maximum atomic E-state index is 13.2. The summed E-state index contributed by atoms with van der Waals surface area (Å²) in [4.78, 5) is 19.8. The lowest BCUT2D eigenvalue weighted by Crippen LogP contribution is -2.52. The summed E-state index contributed by atoms with van der Waals surface area (Å²) in [5.74, 6) is 0.236. The second-order valence-corrected chi connectivity index (χ2v) is 7.03.